The quantitative estimate of drug-likeness (QED) is 0.605. The number of nitrogens with zero attached hydrogens (tertiary/aromatic N) is 6. The monoisotopic (exact) mass is 382 g/mol. The molecular formula is C20H30N8. The van der Waals surface area contributed by atoms with Crippen LogP contribution in [0.2, 0.25) is 0 Å². The molecule has 28 heavy (non-hydrogen) atoms. The van der Waals surface area contributed by atoms with Gasteiger partial charge in [-0.05, 0) is 51.7 Å². The number of aromatic nitrogens is 4. The van der Waals surface area contributed by atoms with Crippen LogP contribution in [0.25, 0.3) is 0 Å². The van der Waals surface area contributed by atoms with E-state index in [0.717, 1.165) is 55.1 Å². The van der Waals surface area contributed by atoms with E-state index in [2.05, 4.69) is 42.8 Å². The zero-order valence-corrected chi connectivity index (χ0v) is 17.0. The summed E-state index contributed by atoms with van der Waals surface area (Å²) in [6, 6.07) is 7.21. The molecule has 1 aliphatic heterocycles. The maximum Gasteiger partial charge on any atom is 0.192 e. The Hall–Kier alpha value is -2.64. The summed E-state index contributed by atoms with van der Waals surface area (Å²) in [6.45, 7) is 6.55. The lowest BCUT2D eigenvalue weighted by Crippen LogP contribution is -2.49. The molecule has 2 fully saturated rings. The van der Waals surface area contributed by atoms with Crippen LogP contribution in [0, 0.1) is 13.8 Å². The number of piperidine rings is 1. The number of nitrogens with one attached hydrogen (secondary N) is 2. The van der Waals surface area contributed by atoms with E-state index in [4.69, 9.17) is 4.99 Å². The molecular weight excluding hydrogens is 352 g/mol. The Morgan fingerprint density at radius 3 is 2.39 bits per heavy atom. The molecule has 2 aromatic rings. The third-order valence-electron chi connectivity index (χ3n) is 5.51. The van der Waals surface area contributed by atoms with Crippen molar-refractivity contribution in [2.75, 3.05) is 18.0 Å². The fourth-order valence-electron chi connectivity index (χ4n) is 3.44. The van der Waals surface area contributed by atoms with Crippen LogP contribution in [0.4, 0.5) is 5.82 Å². The largest absolute Gasteiger partial charge is 0.356 e. The number of hydrogen-bond acceptors (Lipinski definition) is 5. The van der Waals surface area contributed by atoms with Crippen LogP contribution in [-0.4, -0.2) is 50.9 Å². The van der Waals surface area contributed by atoms with Crippen LogP contribution < -0.4 is 15.5 Å². The normalized spacial score (nSPS) is 18.4. The minimum absolute atomic E-state index is 0.423. The summed E-state index contributed by atoms with van der Waals surface area (Å²) in [5.41, 5.74) is 1.07. The molecule has 8 nitrogen and oxygen atoms in total. The van der Waals surface area contributed by atoms with Gasteiger partial charge in [0.15, 0.2) is 11.8 Å². The molecule has 150 valence electrons. The summed E-state index contributed by atoms with van der Waals surface area (Å²) in [6.07, 6.45) is 4.59. The van der Waals surface area contributed by atoms with Gasteiger partial charge < -0.3 is 20.1 Å². The van der Waals surface area contributed by atoms with Crippen LogP contribution >= 0.6 is 0 Å². The van der Waals surface area contributed by atoms with Crippen molar-refractivity contribution in [2.24, 2.45) is 12.0 Å². The van der Waals surface area contributed by atoms with Crippen LogP contribution in [0.1, 0.15) is 43.0 Å². The maximum absolute atomic E-state index is 4.78. The number of aliphatic imine (C=N–C) groups is 1. The lowest BCUT2D eigenvalue weighted by molar-refractivity contribution is 0.458. The van der Waals surface area contributed by atoms with Crippen molar-refractivity contribution in [3.8, 4) is 0 Å². The van der Waals surface area contributed by atoms with Gasteiger partial charge in [0.25, 0.3) is 0 Å². The van der Waals surface area contributed by atoms with Crippen molar-refractivity contribution < 1.29 is 0 Å². The molecule has 0 atom stereocenters. The van der Waals surface area contributed by atoms with Crippen molar-refractivity contribution in [1.29, 1.82) is 0 Å². The van der Waals surface area contributed by atoms with Crippen LogP contribution in [-0.2, 0) is 13.6 Å². The Balaban J connectivity index is 1.35. The topological polar surface area (TPSA) is 83.3 Å². The Morgan fingerprint density at radius 2 is 1.79 bits per heavy atom. The van der Waals surface area contributed by atoms with Gasteiger partial charge >= 0.3 is 0 Å². The van der Waals surface area contributed by atoms with Gasteiger partial charge in [-0.2, -0.15) is 0 Å². The van der Waals surface area contributed by atoms with E-state index in [1.807, 2.05) is 31.5 Å². The summed E-state index contributed by atoms with van der Waals surface area (Å²) in [5, 5.41) is 15.5. The average Bonchev–Trinajstić information content (AvgIpc) is 3.46. The molecule has 8 heteroatoms. The first-order chi connectivity index (χ1) is 13.6. The number of pyridine rings is 1. The molecule has 2 N–H and O–H groups in total. The zero-order valence-electron chi connectivity index (χ0n) is 17.0. The van der Waals surface area contributed by atoms with Gasteiger partial charge in [-0.1, -0.05) is 6.07 Å². The van der Waals surface area contributed by atoms with Gasteiger partial charge in [-0.15, -0.1) is 10.2 Å². The molecule has 0 amide bonds. The second-order valence-corrected chi connectivity index (χ2v) is 7.85. The number of rotatable bonds is 5. The first-order valence-electron chi connectivity index (χ1n) is 10.2. The fourth-order valence-corrected chi connectivity index (χ4v) is 3.44. The van der Waals surface area contributed by atoms with E-state index < -0.39 is 0 Å². The summed E-state index contributed by atoms with van der Waals surface area (Å²) < 4.78 is 1.99. The number of aryl methyl sites for hydroxylation is 2. The number of guanidine groups is 1. The van der Waals surface area contributed by atoms with Crippen molar-refractivity contribution >= 4 is 11.8 Å². The van der Waals surface area contributed by atoms with Crippen molar-refractivity contribution in [2.45, 2.75) is 58.2 Å². The van der Waals surface area contributed by atoms with E-state index >= 15 is 0 Å². The highest BCUT2D eigenvalue weighted by molar-refractivity contribution is 5.80. The molecule has 0 spiro atoms. The Kier molecular flexibility index (Phi) is 5.45. The first kappa shape index (κ1) is 18.7. The van der Waals surface area contributed by atoms with Gasteiger partial charge in [-0.25, -0.2) is 9.98 Å². The van der Waals surface area contributed by atoms with Crippen LogP contribution in [0.15, 0.2) is 23.2 Å². The molecule has 0 aromatic carbocycles. The lowest BCUT2D eigenvalue weighted by Gasteiger charge is -2.34. The molecule has 2 aromatic heterocycles. The molecule has 3 heterocycles. The minimum atomic E-state index is 0.423. The standard InChI is InChI=1S/C20H30N8/c1-14-5-4-6-18(22-14)28-11-9-17(10-12-28)24-20(23-16-7-8-16)21-13-19-26-25-15(2)27(19)3/h4-6,16-17H,7-13H2,1-3H3,(H2,21,23,24). The van der Waals surface area contributed by atoms with E-state index in [0.29, 0.717) is 18.6 Å². The summed E-state index contributed by atoms with van der Waals surface area (Å²) in [5.74, 6) is 3.78. The van der Waals surface area contributed by atoms with Gasteiger partial charge in [0, 0.05) is 37.9 Å². The van der Waals surface area contributed by atoms with Crippen molar-refractivity contribution in [3.63, 3.8) is 0 Å². The molecule has 1 saturated carbocycles. The average molecular weight is 383 g/mol. The number of anilines is 1. The fraction of sp³-hybridized carbons (Fsp3) is 0.600. The molecule has 0 unspecified atom stereocenters. The highest BCUT2D eigenvalue weighted by Crippen LogP contribution is 2.20. The van der Waals surface area contributed by atoms with E-state index in [9.17, 15) is 0 Å². The molecule has 1 aliphatic carbocycles. The molecule has 1 saturated heterocycles. The maximum atomic E-state index is 4.78. The molecule has 0 radical (unpaired) electrons. The van der Waals surface area contributed by atoms with E-state index in [-0.39, 0.29) is 0 Å². The van der Waals surface area contributed by atoms with Crippen LogP contribution in [0.3, 0.4) is 0 Å². The second kappa shape index (κ2) is 8.16. The minimum Gasteiger partial charge on any atom is -0.356 e. The Morgan fingerprint density at radius 1 is 1.07 bits per heavy atom. The molecule has 2 aliphatic rings. The van der Waals surface area contributed by atoms with Gasteiger partial charge in [0.05, 0.1) is 0 Å². The third-order valence-corrected chi connectivity index (χ3v) is 5.51. The number of hydrogen-bond donors (Lipinski definition) is 2. The van der Waals surface area contributed by atoms with Crippen LogP contribution in [0.5, 0.6) is 0 Å². The smallest absolute Gasteiger partial charge is 0.192 e. The second-order valence-electron chi connectivity index (χ2n) is 7.85. The summed E-state index contributed by atoms with van der Waals surface area (Å²) in [4.78, 5) is 11.8. The van der Waals surface area contributed by atoms with E-state index in [1.54, 1.807) is 0 Å². The zero-order chi connectivity index (χ0) is 19.5. The lowest BCUT2D eigenvalue weighted by atomic mass is 10.1. The van der Waals surface area contributed by atoms with E-state index in [1.165, 1.54) is 12.8 Å². The van der Waals surface area contributed by atoms with Gasteiger partial charge in [0.1, 0.15) is 18.2 Å². The van der Waals surface area contributed by atoms with Crippen molar-refractivity contribution in [1.82, 2.24) is 30.4 Å². The molecule has 4 rings (SSSR count). The first-order valence-corrected chi connectivity index (χ1v) is 10.2. The van der Waals surface area contributed by atoms with Gasteiger partial charge in [-0.3, -0.25) is 0 Å². The Labute approximate surface area is 166 Å². The highest BCUT2D eigenvalue weighted by atomic mass is 15.3. The molecule has 0 bridgehead atoms. The Bertz CT molecular complexity index is 830. The SMILES string of the molecule is Cc1cccc(N2CCC(NC(=NCc3nnc(C)n3C)NC3CC3)CC2)n1. The third kappa shape index (κ3) is 4.61. The van der Waals surface area contributed by atoms with Gasteiger partial charge in [0.2, 0.25) is 0 Å². The summed E-state index contributed by atoms with van der Waals surface area (Å²) in [7, 11) is 1.98. The summed E-state index contributed by atoms with van der Waals surface area (Å²) >= 11 is 0. The predicted molar refractivity (Wildman–Crippen MR) is 110 cm³/mol. The predicted octanol–water partition coefficient (Wildman–Crippen LogP) is 1.69. The van der Waals surface area contributed by atoms with Crippen molar-refractivity contribution in [3.05, 3.63) is 35.5 Å². The highest BCUT2D eigenvalue weighted by Gasteiger charge is 2.25.